The third kappa shape index (κ3) is 6.52. The maximum Gasteiger partial charge on any atom is 0.328 e. The number of nitrogens with zero attached hydrogens (tertiary/aromatic N) is 2. The van der Waals surface area contributed by atoms with E-state index in [1.807, 2.05) is 48.5 Å². The quantitative estimate of drug-likeness (QED) is 0.580. The van der Waals surface area contributed by atoms with Crippen LogP contribution < -0.4 is 0 Å². The molecule has 1 aliphatic rings. The molecule has 1 heterocycles. The first-order valence-electron chi connectivity index (χ1n) is 9.73. The van der Waals surface area contributed by atoms with Crippen LogP contribution in [-0.2, 0) is 11.3 Å². The first kappa shape index (κ1) is 20.7. The summed E-state index contributed by atoms with van der Waals surface area (Å²) >= 11 is 0. The van der Waals surface area contributed by atoms with Crippen molar-refractivity contribution in [2.24, 2.45) is 0 Å². The van der Waals surface area contributed by atoms with Crippen LogP contribution in [0.4, 0.5) is 0 Å². The van der Waals surface area contributed by atoms with Crippen molar-refractivity contribution in [1.82, 2.24) is 9.80 Å². The Morgan fingerprint density at radius 3 is 2.17 bits per heavy atom. The van der Waals surface area contributed by atoms with Crippen molar-refractivity contribution in [1.29, 1.82) is 0 Å². The van der Waals surface area contributed by atoms with E-state index < -0.39 is 5.97 Å². The van der Waals surface area contributed by atoms with Crippen LogP contribution in [0, 0.1) is 0 Å². The number of carbonyl (C=O) groups excluding carboxylic acids is 1. The van der Waals surface area contributed by atoms with Crippen LogP contribution in [-0.4, -0.2) is 59.9 Å². The number of carboxylic acids is 1. The first-order valence-corrected chi connectivity index (χ1v) is 9.73. The monoisotopic (exact) mass is 390 g/mol. The molecule has 1 N–H and O–H groups in total. The van der Waals surface area contributed by atoms with E-state index in [9.17, 15) is 9.59 Å². The van der Waals surface area contributed by atoms with E-state index in [2.05, 4.69) is 16.8 Å². The van der Waals surface area contributed by atoms with E-state index in [1.54, 1.807) is 12.2 Å². The number of benzene rings is 2. The van der Waals surface area contributed by atoms with Crippen LogP contribution >= 0.6 is 0 Å². The van der Waals surface area contributed by atoms with Crippen LogP contribution in [0.15, 0.2) is 60.7 Å². The van der Waals surface area contributed by atoms with Crippen LogP contribution in [0.1, 0.15) is 27.0 Å². The fourth-order valence-corrected chi connectivity index (χ4v) is 3.24. The average Bonchev–Trinajstić information content (AvgIpc) is 2.73. The summed E-state index contributed by atoms with van der Waals surface area (Å²) in [7, 11) is 2.15. The van der Waals surface area contributed by atoms with Gasteiger partial charge in [0.15, 0.2) is 5.78 Å². The first-order chi connectivity index (χ1) is 14.0. The number of aliphatic carboxylic acids is 1. The summed E-state index contributed by atoms with van der Waals surface area (Å²) in [5, 5.41) is 8.72. The smallest absolute Gasteiger partial charge is 0.328 e. The summed E-state index contributed by atoms with van der Waals surface area (Å²) in [6.45, 7) is 5.24. The number of likely N-dealkylation sites (N-methyl/N-ethyl adjacent to an activating group) is 1. The van der Waals surface area contributed by atoms with Gasteiger partial charge in [0.1, 0.15) is 0 Å². The van der Waals surface area contributed by atoms with Crippen molar-refractivity contribution in [3.63, 3.8) is 0 Å². The zero-order valence-corrected chi connectivity index (χ0v) is 16.6. The molecule has 0 bridgehead atoms. The van der Waals surface area contributed by atoms with Gasteiger partial charge in [-0.1, -0.05) is 48.5 Å². The summed E-state index contributed by atoms with van der Waals surface area (Å²) in [6.07, 6.45) is 5.92. The highest BCUT2D eigenvalue weighted by Crippen LogP contribution is 2.13. The number of carboxylic acid groups (broad SMARTS) is 1. The standard InChI is InChI=1S/C24H26N2O3/c1-25-13-15-26(16-14-25)18-21-5-9-22(10-6-21)23(27)11-7-19-3-2-4-20(17-19)8-12-24(28)29/h2-12,17H,13-16,18H2,1H3,(H,28,29)/b11-7+,12-8+. The molecule has 29 heavy (non-hydrogen) atoms. The molecule has 5 nitrogen and oxygen atoms in total. The molecule has 0 amide bonds. The molecule has 0 saturated carbocycles. The average molecular weight is 390 g/mol. The van der Waals surface area contributed by atoms with Gasteiger partial charge in [-0.2, -0.15) is 0 Å². The third-order valence-electron chi connectivity index (χ3n) is 5.00. The van der Waals surface area contributed by atoms with E-state index in [-0.39, 0.29) is 5.78 Å². The number of carbonyl (C=O) groups is 2. The van der Waals surface area contributed by atoms with Gasteiger partial charge in [0.25, 0.3) is 0 Å². The van der Waals surface area contributed by atoms with Gasteiger partial charge in [0.2, 0.25) is 0 Å². The third-order valence-corrected chi connectivity index (χ3v) is 5.00. The fourth-order valence-electron chi connectivity index (χ4n) is 3.24. The maximum absolute atomic E-state index is 12.5. The highest BCUT2D eigenvalue weighted by atomic mass is 16.4. The molecule has 2 aromatic rings. The molecule has 0 aliphatic carbocycles. The zero-order chi connectivity index (χ0) is 20.6. The molecule has 1 fully saturated rings. The Morgan fingerprint density at radius 2 is 1.55 bits per heavy atom. The van der Waals surface area contributed by atoms with Crippen LogP contribution in [0.2, 0.25) is 0 Å². The van der Waals surface area contributed by atoms with Gasteiger partial charge in [-0.05, 0) is 42.0 Å². The fraction of sp³-hybridized carbons (Fsp3) is 0.250. The van der Waals surface area contributed by atoms with Crippen LogP contribution in [0.25, 0.3) is 12.2 Å². The number of piperazine rings is 1. The summed E-state index contributed by atoms with van der Waals surface area (Å²) in [4.78, 5) is 27.9. The second-order valence-electron chi connectivity index (χ2n) is 7.32. The largest absolute Gasteiger partial charge is 0.478 e. The minimum Gasteiger partial charge on any atom is -0.478 e. The topological polar surface area (TPSA) is 60.9 Å². The van der Waals surface area contributed by atoms with Gasteiger partial charge in [0, 0.05) is 44.4 Å². The number of rotatable bonds is 7. The van der Waals surface area contributed by atoms with Gasteiger partial charge in [-0.25, -0.2) is 4.79 Å². The minimum absolute atomic E-state index is 0.0531. The Hall–Kier alpha value is -3.02. The Bertz CT molecular complexity index is 908. The molecule has 0 atom stereocenters. The SMILES string of the molecule is CN1CCN(Cc2ccc(C(=O)/C=C/c3cccc(/C=C/C(=O)O)c3)cc2)CC1. The van der Waals surface area contributed by atoms with Crippen molar-refractivity contribution in [3.8, 4) is 0 Å². The molecule has 1 saturated heterocycles. The van der Waals surface area contributed by atoms with Crippen molar-refractivity contribution in [3.05, 3.63) is 82.9 Å². The Kier molecular flexibility index (Phi) is 7.11. The predicted molar refractivity (Wildman–Crippen MR) is 116 cm³/mol. The van der Waals surface area contributed by atoms with Crippen molar-refractivity contribution in [2.75, 3.05) is 33.2 Å². The summed E-state index contributed by atoms with van der Waals surface area (Å²) in [5.41, 5.74) is 3.49. The molecule has 0 spiro atoms. The summed E-state index contributed by atoms with van der Waals surface area (Å²) < 4.78 is 0. The van der Waals surface area contributed by atoms with Gasteiger partial charge in [-0.15, -0.1) is 0 Å². The number of hydrogen-bond acceptors (Lipinski definition) is 4. The molecule has 0 unspecified atom stereocenters. The minimum atomic E-state index is -0.989. The summed E-state index contributed by atoms with van der Waals surface area (Å²) in [5.74, 6) is -1.04. The molecule has 1 aliphatic heterocycles. The second kappa shape index (κ2) is 9.96. The lowest BCUT2D eigenvalue weighted by atomic mass is 10.1. The second-order valence-corrected chi connectivity index (χ2v) is 7.32. The number of allylic oxidation sites excluding steroid dienone is 1. The van der Waals surface area contributed by atoms with Gasteiger partial charge >= 0.3 is 5.97 Å². The predicted octanol–water partition coefficient (Wildman–Crippen LogP) is 3.43. The van der Waals surface area contributed by atoms with Gasteiger partial charge in [-0.3, -0.25) is 9.69 Å². The number of hydrogen-bond donors (Lipinski definition) is 1. The van der Waals surface area contributed by atoms with E-state index in [0.717, 1.165) is 49.9 Å². The Labute approximate surface area is 171 Å². The molecule has 3 rings (SSSR count). The number of ketones is 1. The highest BCUT2D eigenvalue weighted by molar-refractivity contribution is 6.06. The van der Waals surface area contributed by atoms with Crippen molar-refractivity contribution >= 4 is 23.9 Å². The van der Waals surface area contributed by atoms with Crippen molar-refractivity contribution in [2.45, 2.75) is 6.54 Å². The van der Waals surface area contributed by atoms with E-state index in [4.69, 9.17) is 5.11 Å². The summed E-state index contributed by atoms with van der Waals surface area (Å²) in [6, 6.07) is 15.2. The van der Waals surface area contributed by atoms with Gasteiger partial charge in [0.05, 0.1) is 0 Å². The lowest BCUT2D eigenvalue weighted by Crippen LogP contribution is -2.43. The molecule has 0 radical (unpaired) electrons. The van der Waals surface area contributed by atoms with Crippen LogP contribution in [0.5, 0.6) is 0 Å². The molecular formula is C24H26N2O3. The highest BCUT2D eigenvalue weighted by Gasteiger charge is 2.13. The van der Waals surface area contributed by atoms with E-state index in [0.29, 0.717) is 5.56 Å². The zero-order valence-electron chi connectivity index (χ0n) is 16.6. The molecule has 150 valence electrons. The molecule has 0 aromatic heterocycles. The van der Waals surface area contributed by atoms with Crippen LogP contribution in [0.3, 0.4) is 0 Å². The maximum atomic E-state index is 12.5. The van der Waals surface area contributed by atoms with Crippen molar-refractivity contribution < 1.29 is 14.7 Å². The molecular weight excluding hydrogens is 364 g/mol. The Morgan fingerprint density at radius 1 is 0.931 bits per heavy atom. The molecule has 2 aromatic carbocycles. The molecule has 5 heteroatoms. The van der Waals surface area contributed by atoms with E-state index in [1.165, 1.54) is 11.6 Å². The Balaban J connectivity index is 1.59. The van der Waals surface area contributed by atoms with Gasteiger partial charge < -0.3 is 10.0 Å². The lowest BCUT2D eigenvalue weighted by Gasteiger charge is -2.32. The van der Waals surface area contributed by atoms with E-state index >= 15 is 0 Å². The lowest BCUT2D eigenvalue weighted by molar-refractivity contribution is -0.131. The normalized spacial score (nSPS) is 15.9.